The average molecular weight is 487 g/mol. The van der Waals surface area contributed by atoms with Crippen LogP contribution in [0.25, 0.3) is 0 Å². The van der Waals surface area contributed by atoms with Crippen LogP contribution in [0, 0.1) is 11.7 Å². The minimum Gasteiger partial charge on any atom is -0.490 e. The summed E-state index contributed by atoms with van der Waals surface area (Å²) in [5, 5.41) is 10.7. The number of hydrogen-bond acceptors (Lipinski definition) is 3. The molecule has 0 amide bonds. The summed E-state index contributed by atoms with van der Waals surface area (Å²) >= 11 is 0. The fraction of sp³-hybridized carbons (Fsp3) is 0.474. The maximum atomic E-state index is 14.3. The van der Waals surface area contributed by atoms with Crippen LogP contribution in [0.2, 0.25) is 0 Å². The van der Waals surface area contributed by atoms with E-state index < -0.39 is 0 Å². The first-order valence-electron chi connectivity index (χ1n) is 8.93. The fourth-order valence-corrected chi connectivity index (χ4v) is 2.63. The summed E-state index contributed by atoms with van der Waals surface area (Å²) in [5.41, 5.74) is 1.88. The summed E-state index contributed by atoms with van der Waals surface area (Å²) in [6.45, 7) is 3.18. The van der Waals surface area contributed by atoms with Crippen LogP contribution in [0.1, 0.15) is 37.1 Å². The number of halogens is 2. The highest BCUT2D eigenvalue weighted by Crippen LogP contribution is 2.30. The smallest absolute Gasteiger partial charge is 0.191 e. The lowest BCUT2D eigenvalue weighted by Gasteiger charge is -2.19. The van der Waals surface area contributed by atoms with Crippen LogP contribution in [0.3, 0.4) is 0 Å². The van der Waals surface area contributed by atoms with Crippen molar-refractivity contribution < 1.29 is 9.13 Å². The zero-order valence-corrected chi connectivity index (χ0v) is 18.2. The van der Waals surface area contributed by atoms with Gasteiger partial charge in [0, 0.05) is 20.3 Å². The van der Waals surface area contributed by atoms with Gasteiger partial charge in [0.1, 0.15) is 0 Å². The Morgan fingerprint density at radius 3 is 2.78 bits per heavy atom. The number of benzene rings is 1. The number of rotatable bonds is 7. The lowest BCUT2D eigenvalue weighted by molar-refractivity contribution is 0.285. The number of nitrogens with zero attached hydrogens (tertiary/aromatic N) is 3. The summed E-state index contributed by atoms with van der Waals surface area (Å²) in [7, 11) is 3.60. The Morgan fingerprint density at radius 2 is 2.19 bits per heavy atom. The van der Waals surface area contributed by atoms with Gasteiger partial charge in [-0.25, -0.2) is 4.39 Å². The standard InChI is InChI=1S/C19H26FN5O.HI/c1-13(24-19(21-2)22-11-16-8-9-23-25(16)3)15-6-7-18(17(20)10-15)26-12-14-4-5-14;/h6-10,13-14H,4-5,11-12H2,1-3H3,(H2,21,22,24);1H. The first-order valence-corrected chi connectivity index (χ1v) is 8.93. The molecule has 0 spiro atoms. The van der Waals surface area contributed by atoms with Crippen LogP contribution < -0.4 is 15.4 Å². The maximum Gasteiger partial charge on any atom is 0.191 e. The Kier molecular flexibility index (Phi) is 7.88. The number of guanidine groups is 1. The van der Waals surface area contributed by atoms with Gasteiger partial charge in [-0.3, -0.25) is 9.67 Å². The third-order valence-corrected chi connectivity index (χ3v) is 4.56. The van der Waals surface area contributed by atoms with E-state index in [4.69, 9.17) is 4.74 Å². The van der Waals surface area contributed by atoms with E-state index in [1.807, 2.05) is 26.1 Å². The number of aromatic nitrogens is 2. The summed E-state index contributed by atoms with van der Waals surface area (Å²) < 4.78 is 21.6. The van der Waals surface area contributed by atoms with Crippen molar-refractivity contribution in [3.8, 4) is 5.75 Å². The highest BCUT2D eigenvalue weighted by atomic mass is 127. The second kappa shape index (κ2) is 9.91. The lowest BCUT2D eigenvalue weighted by Crippen LogP contribution is -2.38. The van der Waals surface area contributed by atoms with Gasteiger partial charge in [0.2, 0.25) is 0 Å². The topological polar surface area (TPSA) is 63.5 Å². The monoisotopic (exact) mass is 487 g/mol. The van der Waals surface area contributed by atoms with Gasteiger partial charge in [-0.15, -0.1) is 24.0 Å². The number of hydrogen-bond donors (Lipinski definition) is 2. The predicted molar refractivity (Wildman–Crippen MR) is 115 cm³/mol. The number of aliphatic imine (C=N–C) groups is 1. The van der Waals surface area contributed by atoms with E-state index >= 15 is 0 Å². The van der Waals surface area contributed by atoms with Crippen molar-refractivity contribution in [2.45, 2.75) is 32.4 Å². The van der Waals surface area contributed by atoms with Crippen LogP contribution in [0.4, 0.5) is 4.39 Å². The molecule has 1 atom stereocenters. The van der Waals surface area contributed by atoms with Crippen LogP contribution in [0.5, 0.6) is 5.75 Å². The molecule has 0 aliphatic heterocycles. The molecule has 8 heteroatoms. The Hall–Kier alpha value is -1.84. The van der Waals surface area contributed by atoms with Crippen LogP contribution in [-0.2, 0) is 13.6 Å². The predicted octanol–water partition coefficient (Wildman–Crippen LogP) is 3.39. The van der Waals surface area contributed by atoms with Crippen molar-refractivity contribution in [3.63, 3.8) is 0 Å². The third-order valence-electron chi connectivity index (χ3n) is 4.56. The normalized spacial score (nSPS) is 15.0. The molecule has 1 fully saturated rings. The molecule has 27 heavy (non-hydrogen) atoms. The van der Waals surface area contributed by atoms with Gasteiger partial charge < -0.3 is 15.4 Å². The minimum atomic E-state index is -0.324. The number of ether oxygens (including phenoxy) is 1. The van der Waals surface area contributed by atoms with Gasteiger partial charge in [0.15, 0.2) is 17.5 Å². The Bertz CT molecular complexity index is 775. The SMILES string of the molecule is CN=C(NCc1ccnn1C)NC(C)c1ccc(OCC2CC2)c(F)c1.I. The summed E-state index contributed by atoms with van der Waals surface area (Å²) in [6.07, 6.45) is 4.13. The van der Waals surface area contributed by atoms with Gasteiger partial charge in [-0.1, -0.05) is 6.07 Å². The fourth-order valence-electron chi connectivity index (χ4n) is 2.63. The molecule has 2 N–H and O–H groups in total. The molecule has 1 aromatic carbocycles. The molecule has 1 heterocycles. The van der Waals surface area contributed by atoms with Crippen molar-refractivity contribution >= 4 is 29.9 Å². The van der Waals surface area contributed by atoms with Crippen LogP contribution in [-0.4, -0.2) is 29.4 Å². The molecule has 148 valence electrons. The van der Waals surface area contributed by atoms with E-state index in [9.17, 15) is 4.39 Å². The van der Waals surface area contributed by atoms with Gasteiger partial charge in [0.25, 0.3) is 0 Å². The molecule has 1 saturated carbocycles. The van der Waals surface area contributed by atoms with Crippen LogP contribution in [0.15, 0.2) is 35.5 Å². The van der Waals surface area contributed by atoms with Gasteiger partial charge in [-0.05, 0) is 49.4 Å². The first kappa shape index (κ1) is 21.5. The van der Waals surface area contributed by atoms with Crippen molar-refractivity contribution in [1.82, 2.24) is 20.4 Å². The van der Waals surface area contributed by atoms with Gasteiger partial charge in [0.05, 0.1) is 24.9 Å². The second-order valence-corrected chi connectivity index (χ2v) is 6.68. The first-order chi connectivity index (χ1) is 12.6. The zero-order valence-electron chi connectivity index (χ0n) is 15.9. The molecule has 3 rings (SSSR count). The van der Waals surface area contributed by atoms with Crippen molar-refractivity contribution in [2.24, 2.45) is 18.0 Å². The zero-order chi connectivity index (χ0) is 18.5. The Labute approximate surface area is 176 Å². The molecular weight excluding hydrogens is 460 g/mol. The highest BCUT2D eigenvalue weighted by Gasteiger charge is 2.22. The van der Waals surface area contributed by atoms with Crippen molar-refractivity contribution in [3.05, 3.63) is 47.5 Å². The largest absolute Gasteiger partial charge is 0.490 e. The molecule has 0 saturated heterocycles. The lowest BCUT2D eigenvalue weighted by atomic mass is 10.1. The highest BCUT2D eigenvalue weighted by molar-refractivity contribution is 14.0. The van der Waals surface area contributed by atoms with E-state index in [2.05, 4.69) is 20.7 Å². The summed E-state index contributed by atoms with van der Waals surface area (Å²) in [4.78, 5) is 4.22. The van der Waals surface area contributed by atoms with Gasteiger partial charge in [-0.2, -0.15) is 5.10 Å². The molecule has 1 aliphatic rings. The quantitative estimate of drug-likeness (QED) is 0.357. The van der Waals surface area contributed by atoms with E-state index in [0.717, 1.165) is 11.3 Å². The Morgan fingerprint density at radius 1 is 1.41 bits per heavy atom. The summed E-state index contributed by atoms with van der Waals surface area (Å²) in [6, 6.07) is 6.96. The molecule has 0 radical (unpaired) electrons. The number of nitrogens with one attached hydrogen (secondary N) is 2. The summed E-state index contributed by atoms with van der Waals surface area (Å²) in [5.74, 6) is 1.25. The van der Waals surface area contributed by atoms with E-state index in [1.54, 1.807) is 24.0 Å². The molecule has 1 aliphatic carbocycles. The van der Waals surface area contributed by atoms with Crippen molar-refractivity contribution in [2.75, 3.05) is 13.7 Å². The molecule has 6 nitrogen and oxygen atoms in total. The van der Waals surface area contributed by atoms with Gasteiger partial charge >= 0.3 is 0 Å². The molecule has 1 unspecified atom stereocenters. The average Bonchev–Trinajstić information content (AvgIpc) is 3.38. The molecule has 0 bridgehead atoms. The number of aryl methyl sites for hydroxylation is 1. The maximum absolute atomic E-state index is 14.3. The Balaban J connectivity index is 0.00000261. The van der Waals surface area contributed by atoms with E-state index in [0.29, 0.717) is 30.8 Å². The third kappa shape index (κ3) is 6.08. The second-order valence-electron chi connectivity index (χ2n) is 6.68. The molecule has 2 aromatic rings. The molecule has 1 aromatic heterocycles. The molecular formula is C19H27FIN5O. The van der Waals surface area contributed by atoms with Crippen LogP contribution >= 0.6 is 24.0 Å². The van der Waals surface area contributed by atoms with Crippen molar-refractivity contribution in [1.29, 1.82) is 0 Å². The van der Waals surface area contributed by atoms with E-state index in [1.165, 1.54) is 18.9 Å². The van der Waals surface area contributed by atoms with E-state index in [-0.39, 0.29) is 35.8 Å². The minimum absolute atomic E-state index is 0.